The highest BCUT2D eigenvalue weighted by Crippen LogP contribution is 2.36. The lowest BCUT2D eigenvalue weighted by Crippen LogP contribution is -2.31. The second-order valence-corrected chi connectivity index (χ2v) is 7.52. The molecule has 1 aromatic carbocycles. The number of nitrogens with zero attached hydrogens (tertiary/aromatic N) is 3. The molecule has 1 amide bonds. The number of aliphatic imine (C=N–C) groups is 1. The fourth-order valence-electron chi connectivity index (χ4n) is 3.47. The molecule has 3 N–H and O–H groups in total. The van der Waals surface area contributed by atoms with E-state index in [1.54, 1.807) is 12.1 Å². The van der Waals surface area contributed by atoms with E-state index in [4.69, 9.17) is 5.73 Å². The van der Waals surface area contributed by atoms with Gasteiger partial charge in [-0.2, -0.15) is 5.26 Å². The van der Waals surface area contributed by atoms with Crippen molar-refractivity contribution in [3.63, 3.8) is 0 Å². The summed E-state index contributed by atoms with van der Waals surface area (Å²) in [5, 5.41) is 12.4. The van der Waals surface area contributed by atoms with Crippen molar-refractivity contribution in [1.82, 2.24) is 4.98 Å². The number of hydrogen-bond donors (Lipinski definition) is 2. The minimum atomic E-state index is -0.751. The molecule has 1 aromatic heterocycles. The van der Waals surface area contributed by atoms with Gasteiger partial charge in [-0.25, -0.2) is 0 Å². The molecule has 31 heavy (non-hydrogen) atoms. The van der Waals surface area contributed by atoms with Crippen LogP contribution in [0.5, 0.6) is 0 Å². The monoisotopic (exact) mass is 415 g/mol. The van der Waals surface area contributed by atoms with Gasteiger partial charge in [-0.1, -0.05) is 19.1 Å². The van der Waals surface area contributed by atoms with E-state index in [-0.39, 0.29) is 11.4 Å². The Morgan fingerprint density at radius 3 is 2.52 bits per heavy atom. The summed E-state index contributed by atoms with van der Waals surface area (Å²) < 4.78 is 0. The third kappa shape index (κ3) is 5.23. The van der Waals surface area contributed by atoms with Crippen molar-refractivity contribution in [2.75, 3.05) is 5.32 Å². The number of aryl methyl sites for hydroxylation is 1. The summed E-state index contributed by atoms with van der Waals surface area (Å²) in [6, 6.07) is 13.5. The number of Topliss-reactive ketones (excluding diaryl/α,β-unsaturated/α-hetero) is 1. The smallest absolute Gasteiger partial charge is 0.258 e. The van der Waals surface area contributed by atoms with Crippen LogP contribution < -0.4 is 11.1 Å². The molecule has 1 aliphatic rings. The summed E-state index contributed by atoms with van der Waals surface area (Å²) in [5.74, 6) is -0.233. The van der Waals surface area contributed by atoms with Crippen molar-refractivity contribution in [2.24, 2.45) is 10.7 Å². The van der Waals surface area contributed by atoms with Crippen LogP contribution in [0.3, 0.4) is 0 Å². The van der Waals surface area contributed by atoms with Gasteiger partial charge in [0.15, 0.2) is 0 Å². The summed E-state index contributed by atoms with van der Waals surface area (Å²) in [4.78, 5) is 32.8. The number of nitrogens with one attached hydrogen (secondary N) is 1. The van der Waals surface area contributed by atoms with E-state index in [1.807, 2.05) is 24.3 Å². The summed E-state index contributed by atoms with van der Waals surface area (Å²) in [6.07, 6.45) is 6.79. The highest BCUT2D eigenvalue weighted by Gasteiger charge is 2.37. The van der Waals surface area contributed by atoms with E-state index in [1.165, 1.54) is 24.2 Å². The second kappa shape index (κ2) is 9.81. The molecule has 0 radical (unpaired) electrons. The number of benzene rings is 1. The molecular weight excluding hydrogens is 390 g/mol. The van der Waals surface area contributed by atoms with Crippen LogP contribution in [-0.2, 0) is 21.4 Å². The fraction of sp³-hybridized carbons (Fsp3) is 0.292. The van der Waals surface area contributed by atoms with Gasteiger partial charge < -0.3 is 11.1 Å². The first kappa shape index (κ1) is 21.9. The number of nitrogens with two attached hydrogens (primary N) is 1. The number of nitriles is 1. The normalized spacial score (nSPS) is 16.1. The van der Waals surface area contributed by atoms with E-state index in [9.17, 15) is 14.9 Å². The highest BCUT2D eigenvalue weighted by atomic mass is 16.1. The summed E-state index contributed by atoms with van der Waals surface area (Å²) in [6.45, 7) is 2.08. The van der Waals surface area contributed by atoms with Crippen LogP contribution in [-0.4, -0.2) is 22.9 Å². The number of ketones is 1. The number of carbonyl (C=O) groups excluding carboxylic acids is 2. The van der Waals surface area contributed by atoms with E-state index < -0.39 is 11.3 Å². The second-order valence-electron chi connectivity index (χ2n) is 7.52. The zero-order chi connectivity index (χ0) is 22.3. The van der Waals surface area contributed by atoms with Crippen molar-refractivity contribution < 1.29 is 9.59 Å². The van der Waals surface area contributed by atoms with Crippen molar-refractivity contribution in [3.8, 4) is 6.07 Å². The Kier molecular flexibility index (Phi) is 6.93. The van der Waals surface area contributed by atoms with Crippen LogP contribution in [0.2, 0.25) is 0 Å². The van der Waals surface area contributed by atoms with E-state index >= 15 is 0 Å². The lowest BCUT2D eigenvalue weighted by Gasteiger charge is -2.29. The van der Waals surface area contributed by atoms with Gasteiger partial charge in [-0.3, -0.25) is 19.6 Å². The van der Waals surface area contributed by atoms with Gasteiger partial charge in [-0.05, 0) is 49.1 Å². The molecule has 1 fully saturated rings. The molecule has 0 saturated heterocycles. The van der Waals surface area contributed by atoms with Gasteiger partial charge in [-0.15, -0.1) is 0 Å². The predicted octanol–water partition coefficient (Wildman–Crippen LogP) is 3.73. The molecule has 0 unspecified atom stereocenters. The molecule has 1 heterocycles. The molecular formula is C24H25N5O2. The maximum absolute atomic E-state index is 12.5. The van der Waals surface area contributed by atoms with Gasteiger partial charge in [0.05, 0.1) is 34.9 Å². The quantitative estimate of drug-likeness (QED) is 0.550. The SMILES string of the molecule is CCc1ccc(N=CC(=CN)C(=O)Nc2ccc(C3(C#N)CCC(=O)CC3)nc2)cc1. The Bertz CT molecular complexity index is 1040. The summed E-state index contributed by atoms with van der Waals surface area (Å²) in [7, 11) is 0. The van der Waals surface area contributed by atoms with Crippen molar-refractivity contribution in [2.45, 2.75) is 44.4 Å². The zero-order valence-electron chi connectivity index (χ0n) is 17.5. The molecule has 0 atom stereocenters. The Balaban J connectivity index is 1.67. The number of hydrogen-bond acceptors (Lipinski definition) is 6. The molecule has 0 bridgehead atoms. The van der Waals surface area contributed by atoms with Crippen LogP contribution >= 0.6 is 0 Å². The largest absolute Gasteiger partial charge is 0.404 e. The molecule has 1 aliphatic carbocycles. The Morgan fingerprint density at radius 2 is 1.97 bits per heavy atom. The van der Waals surface area contributed by atoms with Crippen molar-refractivity contribution >= 4 is 29.3 Å². The summed E-state index contributed by atoms with van der Waals surface area (Å²) in [5.41, 5.74) is 8.10. The van der Waals surface area contributed by atoms with Crippen LogP contribution in [0.4, 0.5) is 11.4 Å². The average molecular weight is 415 g/mol. The van der Waals surface area contributed by atoms with Crippen LogP contribution in [0, 0.1) is 11.3 Å². The number of pyridine rings is 1. The standard InChI is InChI=1S/C24H25N5O2/c1-2-17-3-5-19(6-4-17)27-14-18(13-25)23(31)29-20-7-8-22(28-15-20)24(16-26)11-9-21(30)10-12-24/h3-8,13-15H,2,9-12,25H2,1H3,(H,29,31). The van der Waals surface area contributed by atoms with E-state index in [0.29, 0.717) is 37.1 Å². The zero-order valence-corrected chi connectivity index (χ0v) is 17.5. The number of aromatic nitrogens is 1. The number of amides is 1. The number of anilines is 1. The maximum Gasteiger partial charge on any atom is 0.258 e. The van der Waals surface area contributed by atoms with Crippen LogP contribution in [0.25, 0.3) is 0 Å². The van der Waals surface area contributed by atoms with Crippen molar-refractivity contribution in [1.29, 1.82) is 5.26 Å². The Hall–Kier alpha value is -3.79. The van der Waals surface area contributed by atoms with Crippen LogP contribution in [0.15, 0.2) is 59.4 Å². The third-order valence-electron chi connectivity index (χ3n) is 5.53. The Morgan fingerprint density at radius 1 is 1.26 bits per heavy atom. The molecule has 3 rings (SSSR count). The van der Waals surface area contributed by atoms with E-state index in [2.05, 4.69) is 28.3 Å². The minimum Gasteiger partial charge on any atom is -0.404 e. The van der Waals surface area contributed by atoms with Crippen LogP contribution in [0.1, 0.15) is 43.9 Å². The molecule has 1 saturated carbocycles. The molecule has 7 heteroatoms. The van der Waals surface area contributed by atoms with Gasteiger partial charge in [0.1, 0.15) is 11.2 Å². The van der Waals surface area contributed by atoms with Gasteiger partial charge >= 0.3 is 0 Å². The van der Waals surface area contributed by atoms with E-state index in [0.717, 1.165) is 12.1 Å². The number of carbonyl (C=O) groups is 2. The summed E-state index contributed by atoms with van der Waals surface area (Å²) >= 11 is 0. The van der Waals surface area contributed by atoms with Crippen molar-refractivity contribution in [3.05, 3.63) is 65.6 Å². The van der Waals surface area contributed by atoms with Gasteiger partial charge in [0.25, 0.3) is 5.91 Å². The molecule has 0 spiro atoms. The first-order chi connectivity index (χ1) is 15.0. The van der Waals surface area contributed by atoms with Gasteiger partial charge in [0, 0.05) is 25.3 Å². The lowest BCUT2D eigenvalue weighted by molar-refractivity contribution is -0.121. The lowest BCUT2D eigenvalue weighted by atomic mass is 9.72. The molecule has 158 valence electrons. The first-order valence-electron chi connectivity index (χ1n) is 10.3. The third-order valence-corrected chi connectivity index (χ3v) is 5.53. The molecule has 7 nitrogen and oxygen atoms in total. The topological polar surface area (TPSA) is 121 Å². The molecule has 0 aliphatic heterocycles. The maximum atomic E-state index is 12.5. The average Bonchev–Trinajstić information content (AvgIpc) is 2.81. The predicted molar refractivity (Wildman–Crippen MR) is 120 cm³/mol. The Labute approximate surface area is 181 Å². The number of rotatable bonds is 6. The van der Waals surface area contributed by atoms with Gasteiger partial charge in [0.2, 0.25) is 0 Å². The molecule has 2 aromatic rings. The minimum absolute atomic E-state index is 0.179. The highest BCUT2D eigenvalue weighted by molar-refractivity contribution is 6.17. The fourth-order valence-corrected chi connectivity index (χ4v) is 3.47. The first-order valence-corrected chi connectivity index (χ1v) is 10.3.